The van der Waals surface area contributed by atoms with E-state index in [4.69, 9.17) is 0 Å². The van der Waals surface area contributed by atoms with E-state index in [2.05, 4.69) is 60.5 Å². The van der Waals surface area contributed by atoms with Crippen LogP contribution >= 0.6 is 22.6 Å². The molecule has 1 saturated heterocycles. The molecule has 1 aliphatic rings. The molecule has 20 heavy (non-hydrogen) atoms. The van der Waals surface area contributed by atoms with Crippen LogP contribution in [0.5, 0.6) is 0 Å². The van der Waals surface area contributed by atoms with Gasteiger partial charge in [-0.25, -0.2) is 4.39 Å². The van der Waals surface area contributed by atoms with Crippen LogP contribution in [0.15, 0.2) is 18.2 Å². The standard InChI is InChI=1S/C16H24FIN2/c1-10(2)14-9-20(16(8-19-14)11(3)4)15-6-5-12(17)7-13(15)18/h5-7,10-11,14,16,19H,8-9H2,1-4H3. The van der Waals surface area contributed by atoms with Crippen LogP contribution in [0.2, 0.25) is 0 Å². The maximum atomic E-state index is 13.3. The number of rotatable bonds is 3. The van der Waals surface area contributed by atoms with Crippen molar-refractivity contribution in [3.05, 3.63) is 27.6 Å². The van der Waals surface area contributed by atoms with Crippen molar-refractivity contribution in [2.45, 2.75) is 39.8 Å². The highest BCUT2D eigenvalue weighted by molar-refractivity contribution is 14.1. The van der Waals surface area contributed by atoms with E-state index in [0.29, 0.717) is 23.9 Å². The quantitative estimate of drug-likeness (QED) is 0.788. The van der Waals surface area contributed by atoms with Gasteiger partial charge in [0.2, 0.25) is 0 Å². The van der Waals surface area contributed by atoms with Crippen LogP contribution in [-0.4, -0.2) is 25.2 Å². The third-order valence-corrected chi connectivity index (χ3v) is 5.04. The average molecular weight is 390 g/mol. The minimum absolute atomic E-state index is 0.158. The van der Waals surface area contributed by atoms with Gasteiger partial charge in [-0.15, -0.1) is 0 Å². The number of benzene rings is 1. The lowest BCUT2D eigenvalue weighted by atomic mass is 9.93. The third-order valence-electron chi connectivity index (χ3n) is 4.18. The number of halogens is 2. The Kier molecular flexibility index (Phi) is 5.29. The van der Waals surface area contributed by atoms with Crippen LogP contribution in [0.3, 0.4) is 0 Å². The predicted octanol–water partition coefficient (Wildman–Crippen LogP) is 3.89. The molecule has 1 aromatic carbocycles. The molecule has 112 valence electrons. The zero-order valence-electron chi connectivity index (χ0n) is 12.7. The summed E-state index contributed by atoms with van der Waals surface area (Å²) in [7, 11) is 0. The van der Waals surface area contributed by atoms with Crippen molar-refractivity contribution in [3.8, 4) is 0 Å². The maximum Gasteiger partial charge on any atom is 0.124 e. The number of piperazine rings is 1. The van der Waals surface area contributed by atoms with Crippen molar-refractivity contribution in [1.82, 2.24) is 5.32 Å². The van der Waals surface area contributed by atoms with Crippen molar-refractivity contribution in [3.63, 3.8) is 0 Å². The van der Waals surface area contributed by atoms with Gasteiger partial charge in [0.25, 0.3) is 0 Å². The van der Waals surface area contributed by atoms with E-state index >= 15 is 0 Å². The Morgan fingerprint density at radius 3 is 2.50 bits per heavy atom. The first-order chi connectivity index (χ1) is 9.40. The first kappa shape index (κ1) is 16.0. The number of anilines is 1. The molecule has 0 aromatic heterocycles. The van der Waals surface area contributed by atoms with Crippen LogP contribution in [0, 0.1) is 21.2 Å². The second-order valence-electron chi connectivity index (χ2n) is 6.32. The smallest absolute Gasteiger partial charge is 0.124 e. The highest BCUT2D eigenvalue weighted by Gasteiger charge is 2.32. The molecule has 0 radical (unpaired) electrons. The highest BCUT2D eigenvalue weighted by atomic mass is 127. The lowest BCUT2D eigenvalue weighted by molar-refractivity contribution is 0.295. The van der Waals surface area contributed by atoms with Gasteiger partial charge in [-0.2, -0.15) is 0 Å². The fourth-order valence-corrected chi connectivity index (χ4v) is 3.61. The summed E-state index contributed by atoms with van der Waals surface area (Å²) in [5.41, 5.74) is 1.16. The van der Waals surface area contributed by atoms with E-state index in [-0.39, 0.29) is 5.82 Å². The van der Waals surface area contributed by atoms with Crippen LogP contribution in [0.1, 0.15) is 27.7 Å². The predicted molar refractivity (Wildman–Crippen MR) is 91.7 cm³/mol. The molecule has 2 rings (SSSR count). The molecule has 1 fully saturated rings. The normalized spacial score (nSPS) is 23.7. The van der Waals surface area contributed by atoms with Crippen LogP contribution in [0.25, 0.3) is 0 Å². The van der Waals surface area contributed by atoms with Crippen molar-refractivity contribution < 1.29 is 4.39 Å². The molecule has 1 aromatic rings. The number of nitrogens with one attached hydrogen (secondary N) is 1. The van der Waals surface area contributed by atoms with E-state index in [1.54, 1.807) is 12.1 Å². The molecule has 2 atom stereocenters. The van der Waals surface area contributed by atoms with E-state index in [1.807, 2.05) is 6.07 Å². The summed E-state index contributed by atoms with van der Waals surface area (Å²) >= 11 is 2.24. The minimum atomic E-state index is -0.158. The zero-order chi connectivity index (χ0) is 14.9. The Morgan fingerprint density at radius 1 is 1.25 bits per heavy atom. The molecule has 2 nitrogen and oxygen atoms in total. The first-order valence-electron chi connectivity index (χ1n) is 7.35. The summed E-state index contributed by atoms with van der Waals surface area (Å²) in [5.74, 6) is 1.01. The van der Waals surface area contributed by atoms with E-state index < -0.39 is 0 Å². The largest absolute Gasteiger partial charge is 0.365 e. The topological polar surface area (TPSA) is 15.3 Å². The van der Waals surface area contributed by atoms with E-state index in [0.717, 1.165) is 22.3 Å². The Bertz CT molecular complexity index is 462. The fourth-order valence-electron chi connectivity index (χ4n) is 2.83. The van der Waals surface area contributed by atoms with Gasteiger partial charge in [-0.1, -0.05) is 27.7 Å². The van der Waals surface area contributed by atoms with Crippen LogP contribution < -0.4 is 10.2 Å². The molecule has 1 heterocycles. The molecule has 0 saturated carbocycles. The highest BCUT2D eigenvalue weighted by Crippen LogP contribution is 2.30. The van der Waals surface area contributed by atoms with Gasteiger partial charge in [-0.05, 0) is 52.6 Å². The van der Waals surface area contributed by atoms with Crippen LogP contribution in [0.4, 0.5) is 10.1 Å². The average Bonchev–Trinajstić information content (AvgIpc) is 2.37. The lowest BCUT2D eigenvalue weighted by Gasteiger charge is -2.45. The molecule has 0 bridgehead atoms. The molecule has 0 spiro atoms. The van der Waals surface area contributed by atoms with Gasteiger partial charge in [0.05, 0.1) is 5.69 Å². The Balaban J connectivity index is 2.31. The lowest BCUT2D eigenvalue weighted by Crippen LogP contribution is -2.60. The molecule has 0 amide bonds. The molecular weight excluding hydrogens is 366 g/mol. The van der Waals surface area contributed by atoms with Crippen molar-refractivity contribution >= 4 is 28.3 Å². The van der Waals surface area contributed by atoms with Crippen molar-refractivity contribution in [2.75, 3.05) is 18.0 Å². The van der Waals surface area contributed by atoms with Gasteiger partial charge in [0, 0.05) is 28.7 Å². The first-order valence-corrected chi connectivity index (χ1v) is 8.43. The van der Waals surface area contributed by atoms with Crippen molar-refractivity contribution in [2.24, 2.45) is 11.8 Å². The van der Waals surface area contributed by atoms with Gasteiger partial charge >= 0.3 is 0 Å². The molecule has 2 unspecified atom stereocenters. The minimum Gasteiger partial charge on any atom is -0.365 e. The molecular formula is C16H24FIN2. The molecule has 1 N–H and O–H groups in total. The monoisotopic (exact) mass is 390 g/mol. The number of hydrogen-bond acceptors (Lipinski definition) is 2. The SMILES string of the molecule is CC(C)C1CN(c2ccc(F)cc2I)C(C(C)C)CN1. The molecule has 0 aliphatic carbocycles. The summed E-state index contributed by atoms with van der Waals surface area (Å²) in [6.45, 7) is 11.0. The molecule has 4 heteroatoms. The van der Waals surface area contributed by atoms with Gasteiger partial charge in [0.15, 0.2) is 0 Å². The summed E-state index contributed by atoms with van der Waals surface area (Å²) in [4.78, 5) is 2.47. The Morgan fingerprint density at radius 2 is 1.95 bits per heavy atom. The summed E-state index contributed by atoms with van der Waals surface area (Å²) < 4.78 is 14.3. The summed E-state index contributed by atoms with van der Waals surface area (Å²) in [6, 6.07) is 6.07. The molecule has 1 aliphatic heterocycles. The fraction of sp³-hybridized carbons (Fsp3) is 0.625. The van der Waals surface area contributed by atoms with Gasteiger partial charge in [0.1, 0.15) is 5.82 Å². The number of nitrogens with zero attached hydrogens (tertiary/aromatic N) is 1. The number of hydrogen-bond donors (Lipinski definition) is 1. The van der Waals surface area contributed by atoms with Crippen LogP contribution in [-0.2, 0) is 0 Å². The second kappa shape index (κ2) is 6.60. The maximum absolute atomic E-state index is 13.3. The third kappa shape index (κ3) is 3.45. The Hall–Kier alpha value is -0.360. The summed E-state index contributed by atoms with van der Waals surface area (Å²) in [5, 5.41) is 3.66. The van der Waals surface area contributed by atoms with E-state index in [9.17, 15) is 4.39 Å². The van der Waals surface area contributed by atoms with Crippen molar-refractivity contribution in [1.29, 1.82) is 0 Å². The van der Waals surface area contributed by atoms with E-state index in [1.165, 1.54) is 0 Å². The zero-order valence-corrected chi connectivity index (χ0v) is 14.8. The second-order valence-corrected chi connectivity index (χ2v) is 7.48. The Labute approximate surface area is 135 Å². The summed E-state index contributed by atoms with van der Waals surface area (Å²) in [6.07, 6.45) is 0. The van der Waals surface area contributed by atoms with Gasteiger partial charge < -0.3 is 10.2 Å². The van der Waals surface area contributed by atoms with Gasteiger partial charge in [-0.3, -0.25) is 0 Å².